The summed E-state index contributed by atoms with van der Waals surface area (Å²) in [7, 11) is 1.28. The number of carbonyl (C=O) groups is 1. The van der Waals surface area contributed by atoms with Gasteiger partial charge in [0.25, 0.3) is 0 Å². The highest BCUT2D eigenvalue weighted by Crippen LogP contribution is 2.38. The Labute approximate surface area is 185 Å². The third kappa shape index (κ3) is 4.24. The molecule has 0 N–H and O–H groups in total. The molecule has 4 aromatic rings. The fourth-order valence-corrected chi connectivity index (χ4v) is 4.15. The summed E-state index contributed by atoms with van der Waals surface area (Å²) in [6.45, 7) is 0.929. The molecule has 4 rings (SSSR count). The number of methoxy groups -OCH3 is 1. The van der Waals surface area contributed by atoms with E-state index in [-0.39, 0.29) is 12.4 Å². The van der Waals surface area contributed by atoms with Gasteiger partial charge in [0.05, 0.1) is 36.4 Å². The number of aromatic nitrogens is 3. The first-order chi connectivity index (χ1) is 15.4. The molecule has 166 valence electrons. The van der Waals surface area contributed by atoms with Crippen LogP contribution in [0.25, 0.3) is 31.8 Å². The van der Waals surface area contributed by atoms with E-state index in [4.69, 9.17) is 9.57 Å². The number of hydroxylamine groups is 2. The number of benzene rings is 2. The number of nitrogens with zero attached hydrogens (tertiary/aromatic N) is 4. The van der Waals surface area contributed by atoms with E-state index in [1.165, 1.54) is 18.4 Å². The highest BCUT2D eigenvalue weighted by Gasteiger charge is 2.19. The molecule has 0 saturated carbocycles. The number of rotatable bonds is 6. The van der Waals surface area contributed by atoms with Crippen LogP contribution in [0.1, 0.15) is 12.5 Å². The van der Waals surface area contributed by atoms with E-state index >= 15 is 0 Å². The number of thiazole rings is 1. The summed E-state index contributed by atoms with van der Waals surface area (Å²) in [5.74, 6) is 0.195. The highest BCUT2D eigenvalue weighted by molar-refractivity contribution is 7.22. The monoisotopic (exact) mass is 460 g/mol. The maximum Gasteiger partial charge on any atom is 0.442 e. The van der Waals surface area contributed by atoms with Crippen molar-refractivity contribution in [2.45, 2.75) is 20.5 Å². The molecule has 0 aliphatic rings. The first-order valence-corrected chi connectivity index (χ1v) is 10.4. The topological polar surface area (TPSA) is 86.7 Å². The lowest BCUT2D eigenvalue weighted by atomic mass is 10.1. The fraction of sp³-hybridized carbons (Fsp3) is 0.238. The van der Waals surface area contributed by atoms with Gasteiger partial charge in [0, 0.05) is 5.56 Å². The predicted octanol–water partition coefficient (Wildman–Crippen LogP) is 5.20. The zero-order valence-corrected chi connectivity index (χ0v) is 18.2. The number of ether oxygens (including phenoxy) is 2. The Morgan fingerprint density at radius 2 is 2.03 bits per heavy atom. The van der Waals surface area contributed by atoms with Gasteiger partial charge in [0.1, 0.15) is 9.71 Å². The Bertz CT molecular complexity index is 1300. The van der Waals surface area contributed by atoms with Crippen LogP contribution in [0.3, 0.4) is 0 Å². The molecule has 0 unspecified atom stereocenters. The molecule has 11 heteroatoms. The van der Waals surface area contributed by atoms with Crippen LogP contribution in [0.2, 0.25) is 0 Å². The molecule has 8 nitrogen and oxygen atoms in total. The maximum absolute atomic E-state index is 12.5. The molecule has 2 heterocycles. The summed E-state index contributed by atoms with van der Waals surface area (Å²) in [5.41, 5.74) is 3.14. The lowest BCUT2D eigenvalue weighted by Crippen LogP contribution is -2.33. The van der Waals surface area contributed by atoms with Crippen LogP contribution in [0.5, 0.6) is 11.6 Å². The summed E-state index contributed by atoms with van der Waals surface area (Å²) >= 11 is 1.35. The second kappa shape index (κ2) is 8.87. The number of carbonyl (C=O) groups excluding carboxylic acids is 1. The second-order valence-electron chi connectivity index (χ2n) is 6.65. The van der Waals surface area contributed by atoms with Crippen LogP contribution in [0, 0.1) is 6.92 Å². The van der Waals surface area contributed by atoms with Gasteiger partial charge < -0.3 is 14.3 Å². The van der Waals surface area contributed by atoms with Crippen LogP contribution in [0.15, 0.2) is 36.5 Å². The van der Waals surface area contributed by atoms with E-state index in [1.807, 2.05) is 19.1 Å². The normalized spacial score (nSPS) is 11.2. The van der Waals surface area contributed by atoms with Crippen molar-refractivity contribution >= 4 is 38.7 Å². The predicted molar refractivity (Wildman–Crippen MR) is 115 cm³/mol. The molecular weight excluding hydrogens is 442 g/mol. The van der Waals surface area contributed by atoms with Crippen LogP contribution in [-0.2, 0) is 4.74 Å². The Morgan fingerprint density at radius 3 is 2.75 bits per heavy atom. The van der Waals surface area contributed by atoms with Gasteiger partial charge in [0.2, 0.25) is 5.88 Å². The lowest BCUT2D eigenvalue weighted by Gasteiger charge is -2.19. The molecule has 0 aliphatic heterocycles. The molecule has 0 fully saturated rings. The molecule has 0 radical (unpaired) electrons. The minimum absolute atomic E-state index is 0.258. The van der Waals surface area contributed by atoms with Crippen LogP contribution in [0.4, 0.5) is 13.6 Å². The van der Waals surface area contributed by atoms with Crippen molar-refractivity contribution in [3.8, 4) is 22.2 Å². The Balaban J connectivity index is 1.79. The van der Waals surface area contributed by atoms with Crippen molar-refractivity contribution in [2.75, 3.05) is 13.7 Å². The molecule has 0 spiro atoms. The molecular formula is C21H18F2N4O4S. The summed E-state index contributed by atoms with van der Waals surface area (Å²) in [5, 5.41) is 1.74. The number of hydrogen-bond acceptors (Lipinski definition) is 8. The van der Waals surface area contributed by atoms with E-state index in [1.54, 1.807) is 25.1 Å². The number of fused-ring (bicyclic) bond motifs is 2. The van der Waals surface area contributed by atoms with Crippen LogP contribution in [-0.4, -0.2) is 46.4 Å². The van der Waals surface area contributed by atoms with Gasteiger partial charge in [-0.2, -0.15) is 8.78 Å². The Kier molecular flexibility index (Phi) is 5.99. The molecule has 0 aliphatic carbocycles. The average molecular weight is 460 g/mol. The molecule has 2 aromatic carbocycles. The van der Waals surface area contributed by atoms with Crippen molar-refractivity contribution in [2.24, 2.45) is 0 Å². The smallest absolute Gasteiger partial charge is 0.442 e. The third-order valence-electron chi connectivity index (χ3n) is 4.46. The summed E-state index contributed by atoms with van der Waals surface area (Å²) in [4.78, 5) is 30.8. The number of amides is 1. The summed E-state index contributed by atoms with van der Waals surface area (Å²) in [6, 6.07) is 8.97. The van der Waals surface area contributed by atoms with Gasteiger partial charge in [0.15, 0.2) is 5.75 Å². The summed E-state index contributed by atoms with van der Waals surface area (Å²) in [6.07, 6.45) is 0.543. The van der Waals surface area contributed by atoms with Crippen LogP contribution >= 0.6 is 11.3 Å². The number of alkyl halides is 2. The van der Waals surface area contributed by atoms with Crippen molar-refractivity contribution in [1.82, 2.24) is 20.0 Å². The van der Waals surface area contributed by atoms with E-state index in [0.717, 1.165) is 21.5 Å². The zero-order valence-electron chi connectivity index (χ0n) is 17.3. The van der Waals surface area contributed by atoms with Gasteiger partial charge in [-0.3, -0.25) is 0 Å². The van der Waals surface area contributed by atoms with Crippen LogP contribution < -0.4 is 9.57 Å². The van der Waals surface area contributed by atoms with E-state index in [2.05, 4.69) is 19.7 Å². The number of aryl methyl sites for hydroxylation is 1. The quantitative estimate of drug-likeness (QED) is 0.366. The van der Waals surface area contributed by atoms with Crippen molar-refractivity contribution in [3.05, 3.63) is 42.1 Å². The number of halogens is 2. The zero-order chi connectivity index (χ0) is 22.8. The minimum atomic E-state index is -2.98. The van der Waals surface area contributed by atoms with E-state index in [0.29, 0.717) is 32.9 Å². The molecule has 1 amide bonds. The van der Waals surface area contributed by atoms with Gasteiger partial charge in [-0.15, -0.1) is 16.4 Å². The minimum Gasteiger partial charge on any atom is -0.451 e. The molecule has 0 bridgehead atoms. The average Bonchev–Trinajstić information content (AvgIpc) is 3.20. The van der Waals surface area contributed by atoms with Gasteiger partial charge >= 0.3 is 12.7 Å². The maximum atomic E-state index is 12.5. The van der Waals surface area contributed by atoms with Crippen molar-refractivity contribution in [1.29, 1.82) is 0 Å². The molecule has 0 saturated heterocycles. The number of hydrogen-bond donors (Lipinski definition) is 0. The van der Waals surface area contributed by atoms with Crippen molar-refractivity contribution in [3.63, 3.8) is 0 Å². The largest absolute Gasteiger partial charge is 0.451 e. The van der Waals surface area contributed by atoms with Gasteiger partial charge in [-0.05, 0) is 43.7 Å². The first-order valence-electron chi connectivity index (χ1n) is 9.55. The SMILES string of the molecule is CCN(Oc1cccc2nc(-c3cc(C)cc4nc(OC(F)F)cnc34)sc12)C(=O)OC. The lowest BCUT2D eigenvalue weighted by molar-refractivity contribution is -0.0528. The van der Waals surface area contributed by atoms with E-state index < -0.39 is 12.7 Å². The van der Waals surface area contributed by atoms with E-state index in [9.17, 15) is 13.6 Å². The molecule has 0 atom stereocenters. The third-order valence-corrected chi connectivity index (χ3v) is 5.58. The Morgan fingerprint density at radius 1 is 1.22 bits per heavy atom. The molecule has 32 heavy (non-hydrogen) atoms. The van der Waals surface area contributed by atoms with Gasteiger partial charge in [-0.1, -0.05) is 6.07 Å². The summed E-state index contributed by atoms with van der Waals surface area (Å²) < 4.78 is 34.9. The standard InChI is InChI=1S/C21H18F2N4O4S/c1-4-27(21(28)29-3)31-15-7-5-6-13-18(15)32-19(26-13)12-8-11(2)9-14-17(12)24-10-16(25-14)30-20(22)23/h5-10,20H,4H2,1-3H3. The highest BCUT2D eigenvalue weighted by atomic mass is 32.1. The second-order valence-corrected chi connectivity index (χ2v) is 7.65. The fourth-order valence-electron chi connectivity index (χ4n) is 3.12. The van der Waals surface area contributed by atoms with Gasteiger partial charge in [-0.25, -0.2) is 19.7 Å². The first kappa shape index (κ1) is 21.6. The molecule has 2 aromatic heterocycles. The van der Waals surface area contributed by atoms with Crippen molar-refractivity contribution < 1.29 is 27.9 Å². The Hall–Kier alpha value is -3.60.